The van der Waals surface area contributed by atoms with Gasteiger partial charge in [0, 0.05) is 24.3 Å². The van der Waals surface area contributed by atoms with Crippen molar-refractivity contribution in [1.29, 1.82) is 0 Å². The van der Waals surface area contributed by atoms with Crippen LogP contribution in [0.15, 0.2) is 12.1 Å². The van der Waals surface area contributed by atoms with E-state index in [0.717, 1.165) is 18.9 Å². The van der Waals surface area contributed by atoms with Crippen LogP contribution in [0.5, 0.6) is 0 Å². The van der Waals surface area contributed by atoms with Gasteiger partial charge in [-0.1, -0.05) is 6.07 Å². The molecule has 0 aliphatic rings. The lowest BCUT2D eigenvalue weighted by molar-refractivity contribution is 0.425. The largest absolute Gasteiger partial charge is 0.367 e. The normalized spacial score (nSPS) is 11.4. The Labute approximate surface area is 109 Å². The van der Waals surface area contributed by atoms with E-state index in [1.165, 1.54) is 22.3 Å². The second kappa shape index (κ2) is 4.98. The van der Waals surface area contributed by atoms with E-state index in [2.05, 4.69) is 62.3 Å². The van der Waals surface area contributed by atoms with Gasteiger partial charge in [0.05, 0.1) is 5.52 Å². The second-order valence-corrected chi connectivity index (χ2v) is 5.10. The molecule has 0 unspecified atom stereocenters. The molecule has 0 fully saturated rings. The molecule has 0 aromatic carbocycles. The van der Waals surface area contributed by atoms with E-state index in [9.17, 15) is 0 Å². The summed E-state index contributed by atoms with van der Waals surface area (Å²) in [5, 5.41) is 8.06. The summed E-state index contributed by atoms with van der Waals surface area (Å²) in [7, 11) is 4.15. The quantitative estimate of drug-likeness (QED) is 0.898. The highest BCUT2D eigenvalue weighted by atomic mass is 15.3. The Kier molecular flexibility index (Phi) is 3.57. The molecule has 0 atom stereocenters. The van der Waals surface area contributed by atoms with Gasteiger partial charge in [0.2, 0.25) is 0 Å². The fraction of sp³-hybridized carbons (Fsp3) is 0.500. The van der Waals surface area contributed by atoms with Crippen LogP contribution in [0, 0.1) is 20.8 Å². The lowest BCUT2D eigenvalue weighted by atomic mass is 10.2. The van der Waals surface area contributed by atoms with Crippen molar-refractivity contribution < 1.29 is 0 Å². The molecule has 2 rings (SSSR count). The molecule has 0 bridgehead atoms. The van der Waals surface area contributed by atoms with Gasteiger partial charge >= 0.3 is 0 Å². The van der Waals surface area contributed by atoms with Crippen LogP contribution in [0.25, 0.3) is 5.52 Å². The van der Waals surface area contributed by atoms with Gasteiger partial charge in [0.25, 0.3) is 0 Å². The first kappa shape index (κ1) is 12.9. The maximum absolute atomic E-state index is 4.66. The number of hydrogen-bond donors (Lipinski definition) is 1. The molecule has 0 saturated heterocycles. The molecule has 0 spiro atoms. The number of aryl methyl sites for hydroxylation is 3. The standard InChI is InChI=1S/C14H22N4/c1-10-6-7-13-11(2)14(15-8-9-17(4)5)16-18(13)12(10)3/h6-7H,8-9H2,1-5H3,(H,15,16). The SMILES string of the molecule is Cc1ccc2c(C)c(NCCN(C)C)nn2c1C. The Morgan fingerprint density at radius 1 is 1.22 bits per heavy atom. The smallest absolute Gasteiger partial charge is 0.152 e. The highest BCUT2D eigenvalue weighted by molar-refractivity contribution is 5.65. The number of anilines is 1. The van der Waals surface area contributed by atoms with Crippen LogP contribution in [0.3, 0.4) is 0 Å². The fourth-order valence-corrected chi connectivity index (χ4v) is 2.02. The highest BCUT2D eigenvalue weighted by Crippen LogP contribution is 2.21. The van der Waals surface area contributed by atoms with Crippen LogP contribution < -0.4 is 5.32 Å². The summed E-state index contributed by atoms with van der Waals surface area (Å²) < 4.78 is 2.03. The molecule has 0 aliphatic carbocycles. The average molecular weight is 246 g/mol. The van der Waals surface area contributed by atoms with Gasteiger partial charge in [-0.2, -0.15) is 0 Å². The van der Waals surface area contributed by atoms with Gasteiger partial charge < -0.3 is 10.2 Å². The van der Waals surface area contributed by atoms with Crippen molar-refractivity contribution in [2.24, 2.45) is 0 Å². The van der Waals surface area contributed by atoms with E-state index in [-0.39, 0.29) is 0 Å². The maximum Gasteiger partial charge on any atom is 0.152 e. The summed E-state index contributed by atoms with van der Waals surface area (Å²) in [6.07, 6.45) is 0. The van der Waals surface area contributed by atoms with Crippen molar-refractivity contribution in [2.45, 2.75) is 20.8 Å². The number of hydrogen-bond acceptors (Lipinski definition) is 3. The molecule has 4 heteroatoms. The molecule has 2 aromatic heterocycles. The minimum absolute atomic E-state index is 0.912. The van der Waals surface area contributed by atoms with Crippen molar-refractivity contribution in [1.82, 2.24) is 14.5 Å². The van der Waals surface area contributed by atoms with Crippen molar-refractivity contribution in [3.05, 3.63) is 29.0 Å². The van der Waals surface area contributed by atoms with Crippen molar-refractivity contribution in [3.8, 4) is 0 Å². The van der Waals surface area contributed by atoms with Gasteiger partial charge in [0.15, 0.2) is 5.82 Å². The van der Waals surface area contributed by atoms with Crippen molar-refractivity contribution >= 4 is 11.3 Å². The first-order valence-electron chi connectivity index (χ1n) is 6.35. The van der Waals surface area contributed by atoms with Crippen LogP contribution in [0.1, 0.15) is 16.8 Å². The maximum atomic E-state index is 4.66. The van der Waals surface area contributed by atoms with E-state index >= 15 is 0 Å². The molecule has 18 heavy (non-hydrogen) atoms. The zero-order valence-electron chi connectivity index (χ0n) is 11.9. The molecular weight excluding hydrogens is 224 g/mol. The summed E-state index contributed by atoms with van der Waals surface area (Å²) in [6.45, 7) is 8.26. The van der Waals surface area contributed by atoms with Gasteiger partial charge in [0.1, 0.15) is 0 Å². The van der Waals surface area contributed by atoms with Gasteiger partial charge in [-0.25, -0.2) is 4.52 Å². The third-order valence-corrected chi connectivity index (χ3v) is 3.40. The van der Waals surface area contributed by atoms with E-state index in [1.807, 2.05) is 4.52 Å². The van der Waals surface area contributed by atoms with E-state index in [1.54, 1.807) is 0 Å². The number of likely N-dealkylation sites (N-methyl/N-ethyl adjacent to an activating group) is 1. The first-order chi connectivity index (χ1) is 8.50. The number of nitrogens with one attached hydrogen (secondary N) is 1. The predicted octanol–water partition coefficient (Wildman–Crippen LogP) is 2.23. The lowest BCUT2D eigenvalue weighted by Crippen LogP contribution is -2.21. The van der Waals surface area contributed by atoms with Crippen LogP contribution in [-0.4, -0.2) is 41.7 Å². The second-order valence-electron chi connectivity index (χ2n) is 5.10. The summed E-state index contributed by atoms with van der Waals surface area (Å²) in [6, 6.07) is 4.30. The fourth-order valence-electron chi connectivity index (χ4n) is 2.02. The van der Waals surface area contributed by atoms with Crippen LogP contribution in [0.4, 0.5) is 5.82 Å². The first-order valence-corrected chi connectivity index (χ1v) is 6.35. The third-order valence-electron chi connectivity index (χ3n) is 3.40. The van der Waals surface area contributed by atoms with E-state index in [4.69, 9.17) is 0 Å². The Hall–Kier alpha value is -1.55. The molecule has 2 aromatic rings. The molecule has 2 heterocycles. The summed E-state index contributed by atoms with van der Waals surface area (Å²) in [4.78, 5) is 2.16. The van der Waals surface area contributed by atoms with Crippen LogP contribution in [0.2, 0.25) is 0 Å². The molecule has 0 radical (unpaired) electrons. The van der Waals surface area contributed by atoms with E-state index < -0.39 is 0 Å². The van der Waals surface area contributed by atoms with Gasteiger partial charge in [-0.05, 0) is 46.5 Å². The number of aromatic nitrogens is 2. The minimum Gasteiger partial charge on any atom is -0.367 e. The molecule has 1 N–H and O–H groups in total. The monoisotopic (exact) mass is 246 g/mol. The predicted molar refractivity (Wildman–Crippen MR) is 76.4 cm³/mol. The Morgan fingerprint density at radius 3 is 2.61 bits per heavy atom. The number of pyridine rings is 1. The van der Waals surface area contributed by atoms with Crippen molar-refractivity contribution in [2.75, 3.05) is 32.5 Å². The molecule has 0 saturated carbocycles. The highest BCUT2D eigenvalue weighted by Gasteiger charge is 2.10. The Morgan fingerprint density at radius 2 is 1.94 bits per heavy atom. The molecule has 0 amide bonds. The molecular formula is C14H22N4. The molecule has 4 nitrogen and oxygen atoms in total. The lowest BCUT2D eigenvalue weighted by Gasteiger charge is -2.09. The Bertz CT molecular complexity index is 554. The number of rotatable bonds is 4. The van der Waals surface area contributed by atoms with Crippen LogP contribution >= 0.6 is 0 Å². The van der Waals surface area contributed by atoms with Crippen molar-refractivity contribution in [3.63, 3.8) is 0 Å². The van der Waals surface area contributed by atoms with Gasteiger partial charge in [-0.3, -0.25) is 0 Å². The third kappa shape index (κ3) is 2.34. The number of fused-ring (bicyclic) bond motifs is 1. The van der Waals surface area contributed by atoms with Gasteiger partial charge in [-0.15, -0.1) is 5.10 Å². The summed E-state index contributed by atoms with van der Waals surface area (Å²) in [5.41, 5.74) is 4.88. The molecule has 98 valence electrons. The molecule has 0 aliphatic heterocycles. The average Bonchev–Trinajstić information content (AvgIpc) is 2.62. The summed E-state index contributed by atoms with van der Waals surface area (Å²) >= 11 is 0. The number of nitrogens with zero attached hydrogens (tertiary/aromatic N) is 3. The topological polar surface area (TPSA) is 32.6 Å². The zero-order chi connectivity index (χ0) is 13.3. The van der Waals surface area contributed by atoms with E-state index in [0.29, 0.717) is 0 Å². The summed E-state index contributed by atoms with van der Waals surface area (Å²) in [5.74, 6) is 0.991. The van der Waals surface area contributed by atoms with Crippen LogP contribution in [-0.2, 0) is 0 Å². The Balaban J connectivity index is 2.30. The minimum atomic E-state index is 0.912. The zero-order valence-corrected chi connectivity index (χ0v) is 11.9.